The zero-order valence-electron chi connectivity index (χ0n) is 18.4. The molecule has 3 heterocycles. The fourth-order valence-electron chi connectivity index (χ4n) is 4.38. The standard InChI is InChI=1S/C24H30N4O3S/c1-2-11-27-13-8-18(9-14-27)25-23(31)20-10-15-32-24(20)26-22(30)17-5-3-6-19(16-17)28-12-4-7-21(28)29/h3,5-6,10,15-16,18H,2,4,7-9,11-14H2,1H3,(H,25,31)(H,26,30). The molecule has 3 amide bonds. The summed E-state index contributed by atoms with van der Waals surface area (Å²) in [5.74, 6) is -0.352. The van der Waals surface area contributed by atoms with E-state index in [0.29, 0.717) is 29.1 Å². The molecule has 4 rings (SSSR count). The van der Waals surface area contributed by atoms with Crippen LogP contribution in [0.15, 0.2) is 35.7 Å². The van der Waals surface area contributed by atoms with E-state index in [1.54, 1.807) is 29.2 Å². The summed E-state index contributed by atoms with van der Waals surface area (Å²) in [6.45, 7) is 5.97. The van der Waals surface area contributed by atoms with Gasteiger partial charge in [-0.2, -0.15) is 0 Å². The number of carbonyl (C=O) groups excluding carboxylic acids is 3. The summed E-state index contributed by atoms with van der Waals surface area (Å²) in [7, 11) is 0. The van der Waals surface area contributed by atoms with Crippen molar-refractivity contribution in [3.63, 3.8) is 0 Å². The fourth-order valence-corrected chi connectivity index (χ4v) is 5.16. The molecule has 2 fully saturated rings. The van der Waals surface area contributed by atoms with Crippen molar-refractivity contribution in [3.05, 3.63) is 46.8 Å². The van der Waals surface area contributed by atoms with Gasteiger partial charge in [0, 0.05) is 43.3 Å². The lowest BCUT2D eigenvalue weighted by Gasteiger charge is -2.32. The van der Waals surface area contributed by atoms with Crippen LogP contribution < -0.4 is 15.5 Å². The average Bonchev–Trinajstić information content (AvgIpc) is 3.44. The molecule has 0 unspecified atom stereocenters. The van der Waals surface area contributed by atoms with Crippen LogP contribution in [-0.4, -0.2) is 54.8 Å². The minimum atomic E-state index is -0.289. The van der Waals surface area contributed by atoms with Gasteiger partial charge in [-0.25, -0.2) is 0 Å². The first-order valence-electron chi connectivity index (χ1n) is 11.4. The van der Waals surface area contributed by atoms with Crippen LogP contribution in [0.4, 0.5) is 10.7 Å². The average molecular weight is 455 g/mol. The van der Waals surface area contributed by atoms with Gasteiger partial charge >= 0.3 is 0 Å². The van der Waals surface area contributed by atoms with E-state index >= 15 is 0 Å². The molecule has 0 spiro atoms. The predicted molar refractivity (Wildman–Crippen MR) is 128 cm³/mol. The van der Waals surface area contributed by atoms with Gasteiger partial charge in [-0.3, -0.25) is 14.4 Å². The molecular formula is C24H30N4O3S. The number of likely N-dealkylation sites (tertiary alicyclic amines) is 1. The second kappa shape index (κ2) is 10.3. The molecule has 0 bridgehead atoms. The van der Waals surface area contributed by atoms with Gasteiger partial charge in [0.25, 0.3) is 11.8 Å². The monoisotopic (exact) mass is 454 g/mol. The maximum atomic E-state index is 12.9. The van der Waals surface area contributed by atoms with E-state index in [9.17, 15) is 14.4 Å². The number of piperidine rings is 1. The van der Waals surface area contributed by atoms with Crippen LogP contribution in [0.5, 0.6) is 0 Å². The van der Waals surface area contributed by atoms with Crippen molar-refractivity contribution in [2.75, 3.05) is 36.4 Å². The van der Waals surface area contributed by atoms with Gasteiger partial charge in [-0.15, -0.1) is 11.3 Å². The van der Waals surface area contributed by atoms with Crippen molar-refractivity contribution >= 4 is 39.7 Å². The molecule has 32 heavy (non-hydrogen) atoms. The highest BCUT2D eigenvalue weighted by Gasteiger charge is 2.24. The molecule has 0 atom stereocenters. The van der Waals surface area contributed by atoms with Crippen LogP contribution in [0.1, 0.15) is 59.7 Å². The van der Waals surface area contributed by atoms with Crippen molar-refractivity contribution in [2.24, 2.45) is 0 Å². The van der Waals surface area contributed by atoms with Gasteiger partial charge in [-0.1, -0.05) is 13.0 Å². The second-order valence-electron chi connectivity index (χ2n) is 8.41. The highest BCUT2D eigenvalue weighted by molar-refractivity contribution is 7.14. The first-order valence-corrected chi connectivity index (χ1v) is 12.3. The van der Waals surface area contributed by atoms with Gasteiger partial charge in [0.1, 0.15) is 5.00 Å². The Morgan fingerprint density at radius 2 is 1.94 bits per heavy atom. The molecule has 0 saturated carbocycles. The molecule has 1 aromatic heterocycles. The molecule has 170 valence electrons. The van der Waals surface area contributed by atoms with Gasteiger partial charge in [0.2, 0.25) is 5.91 Å². The molecule has 2 aliphatic heterocycles. The Labute approximate surface area is 192 Å². The van der Waals surface area contributed by atoms with E-state index in [4.69, 9.17) is 0 Å². The Morgan fingerprint density at radius 3 is 2.66 bits per heavy atom. The van der Waals surface area contributed by atoms with Gasteiger partial charge in [-0.05, 0) is 61.9 Å². The molecule has 2 aromatic rings. The third-order valence-electron chi connectivity index (χ3n) is 6.09. The van der Waals surface area contributed by atoms with E-state index < -0.39 is 0 Å². The summed E-state index contributed by atoms with van der Waals surface area (Å²) in [5, 5.41) is 8.37. The zero-order chi connectivity index (χ0) is 22.5. The zero-order valence-corrected chi connectivity index (χ0v) is 19.2. The second-order valence-corrected chi connectivity index (χ2v) is 9.32. The quantitative estimate of drug-likeness (QED) is 0.668. The maximum Gasteiger partial charge on any atom is 0.256 e. The summed E-state index contributed by atoms with van der Waals surface area (Å²) in [4.78, 5) is 41.9. The van der Waals surface area contributed by atoms with Crippen LogP contribution in [0.25, 0.3) is 0 Å². The molecule has 7 nitrogen and oxygen atoms in total. The summed E-state index contributed by atoms with van der Waals surface area (Å²) >= 11 is 1.33. The molecule has 0 radical (unpaired) electrons. The predicted octanol–water partition coefficient (Wildman–Crippen LogP) is 3.73. The third-order valence-corrected chi connectivity index (χ3v) is 6.92. The number of rotatable bonds is 7. The molecule has 8 heteroatoms. The van der Waals surface area contributed by atoms with Crippen LogP contribution in [0.3, 0.4) is 0 Å². The summed E-state index contributed by atoms with van der Waals surface area (Å²) in [6, 6.07) is 8.99. The van der Waals surface area contributed by atoms with Gasteiger partial charge in [0.05, 0.1) is 5.56 Å². The lowest BCUT2D eigenvalue weighted by Crippen LogP contribution is -2.44. The number of hydrogen-bond acceptors (Lipinski definition) is 5. The van der Waals surface area contributed by atoms with E-state index in [0.717, 1.165) is 51.0 Å². The Morgan fingerprint density at radius 1 is 1.12 bits per heavy atom. The van der Waals surface area contributed by atoms with Crippen LogP contribution in [-0.2, 0) is 4.79 Å². The number of amides is 3. The first-order chi connectivity index (χ1) is 15.5. The lowest BCUT2D eigenvalue weighted by molar-refractivity contribution is -0.117. The van der Waals surface area contributed by atoms with Crippen LogP contribution in [0, 0.1) is 0 Å². The van der Waals surface area contributed by atoms with Crippen molar-refractivity contribution < 1.29 is 14.4 Å². The highest BCUT2D eigenvalue weighted by Crippen LogP contribution is 2.26. The number of thiophene rings is 1. The molecule has 0 aliphatic carbocycles. The van der Waals surface area contributed by atoms with Gasteiger partial charge in [0.15, 0.2) is 0 Å². The molecular weight excluding hydrogens is 424 g/mol. The van der Waals surface area contributed by atoms with Crippen LogP contribution >= 0.6 is 11.3 Å². The summed E-state index contributed by atoms with van der Waals surface area (Å²) in [5.41, 5.74) is 1.69. The van der Waals surface area contributed by atoms with E-state index in [1.165, 1.54) is 11.3 Å². The molecule has 2 saturated heterocycles. The normalized spacial score (nSPS) is 17.5. The SMILES string of the molecule is CCCN1CCC(NC(=O)c2ccsc2NC(=O)c2cccc(N3CCCC3=O)c2)CC1. The van der Waals surface area contributed by atoms with E-state index in [2.05, 4.69) is 22.5 Å². The number of nitrogens with zero attached hydrogens (tertiary/aromatic N) is 2. The fraction of sp³-hybridized carbons (Fsp3) is 0.458. The minimum Gasteiger partial charge on any atom is -0.349 e. The van der Waals surface area contributed by atoms with Gasteiger partial charge < -0.3 is 20.4 Å². The van der Waals surface area contributed by atoms with Crippen molar-refractivity contribution in [1.29, 1.82) is 0 Å². The third kappa shape index (κ3) is 5.19. The number of benzene rings is 1. The Balaban J connectivity index is 1.38. The lowest BCUT2D eigenvalue weighted by atomic mass is 10.0. The number of nitrogens with one attached hydrogen (secondary N) is 2. The smallest absolute Gasteiger partial charge is 0.256 e. The Hall–Kier alpha value is -2.71. The summed E-state index contributed by atoms with van der Waals surface area (Å²) < 4.78 is 0. The summed E-state index contributed by atoms with van der Waals surface area (Å²) in [6.07, 6.45) is 4.41. The van der Waals surface area contributed by atoms with Crippen LogP contribution in [0.2, 0.25) is 0 Å². The Kier molecular flexibility index (Phi) is 7.22. The molecule has 2 aliphatic rings. The van der Waals surface area contributed by atoms with Crippen molar-refractivity contribution in [2.45, 2.75) is 45.1 Å². The van der Waals surface area contributed by atoms with Crippen molar-refractivity contribution in [1.82, 2.24) is 10.2 Å². The number of anilines is 2. The van der Waals surface area contributed by atoms with E-state index in [1.807, 2.05) is 11.4 Å². The minimum absolute atomic E-state index is 0.0836. The Bertz CT molecular complexity index is 981. The number of carbonyl (C=O) groups is 3. The molecule has 2 N–H and O–H groups in total. The first kappa shape index (κ1) is 22.5. The van der Waals surface area contributed by atoms with Crippen molar-refractivity contribution in [3.8, 4) is 0 Å². The van der Waals surface area contributed by atoms with E-state index in [-0.39, 0.29) is 23.8 Å². The topological polar surface area (TPSA) is 81.8 Å². The molecule has 1 aromatic carbocycles. The largest absolute Gasteiger partial charge is 0.349 e. The maximum absolute atomic E-state index is 12.9. The highest BCUT2D eigenvalue weighted by atomic mass is 32.1. The number of hydrogen-bond donors (Lipinski definition) is 2.